The second-order valence-corrected chi connectivity index (χ2v) is 7.35. The van der Waals surface area contributed by atoms with Gasteiger partial charge in [-0.15, -0.1) is 0 Å². The van der Waals surface area contributed by atoms with Gasteiger partial charge in [-0.1, -0.05) is 58.3 Å². The monoisotopic (exact) mass is 482 g/mol. The van der Waals surface area contributed by atoms with Crippen LogP contribution in [-0.2, 0) is 15.2 Å². The molecule has 0 aromatic carbocycles. The van der Waals surface area contributed by atoms with E-state index < -0.39 is 28.6 Å². The Bertz CT molecular complexity index is 419. The number of rotatable bonds is 14. The lowest BCUT2D eigenvalue weighted by atomic mass is 10.1. The first-order valence-electron chi connectivity index (χ1n) is 10.1. The largest absolute Gasteiger partial charge is 0.481 e. The van der Waals surface area contributed by atoms with Crippen LogP contribution in [0.2, 0.25) is 0 Å². The maximum atomic E-state index is 10.2. The van der Waals surface area contributed by atoms with Crippen LogP contribution in [0.4, 0.5) is 0 Å². The smallest absolute Gasteiger partial charge is 0.394 e. The maximum Gasteiger partial charge on any atom is 0.394 e. The summed E-state index contributed by atoms with van der Waals surface area (Å²) in [6.07, 6.45) is 9.57. The van der Waals surface area contributed by atoms with Crippen molar-refractivity contribution in [1.29, 1.82) is 0 Å². The fourth-order valence-electron chi connectivity index (χ4n) is 1.70. The van der Waals surface area contributed by atoms with Gasteiger partial charge in [0.1, 0.15) is 12.2 Å². The molecule has 0 unspecified atom stereocenters. The van der Waals surface area contributed by atoms with Crippen LogP contribution in [0, 0.1) is 0 Å². The minimum Gasteiger partial charge on any atom is -0.481 e. The number of carboxylic acids is 1. The van der Waals surface area contributed by atoms with Crippen LogP contribution < -0.4 is 0 Å². The first-order valence-corrected chi connectivity index (χ1v) is 11.5. The molecule has 192 valence electrons. The average Bonchev–Trinajstić information content (AvgIpc) is 2.70. The van der Waals surface area contributed by atoms with Gasteiger partial charge in [0.15, 0.2) is 0 Å². The number of carbonyl (C=O) groups is 1. The summed E-state index contributed by atoms with van der Waals surface area (Å²) in [5, 5.41) is 56.4. The van der Waals surface area contributed by atoms with Crippen LogP contribution in [0.15, 0.2) is 0 Å². The van der Waals surface area contributed by atoms with Crippen molar-refractivity contribution in [3.05, 3.63) is 0 Å². The molecule has 0 amide bonds. The number of unbranched alkanes of at least 4 members (excludes halogenated alkanes) is 8. The highest BCUT2D eigenvalue weighted by Gasteiger charge is 1.96. The van der Waals surface area contributed by atoms with Crippen molar-refractivity contribution in [2.24, 2.45) is 0 Å². The molecule has 0 spiro atoms. The molecular formula is C18H42O12S. The lowest BCUT2D eigenvalue weighted by molar-refractivity contribution is -0.137. The SMILES string of the molecule is CCCCCCCCCCCC(=O)O.O=S(=O)(O)O.OCC(O)CO.OCC(O)CO. The maximum absolute atomic E-state index is 10.2. The topological polar surface area (TPSA) is 233 Å². The van der Waals surface area contributed by atoms with Crippen molar-refractivity contribution in [2.75, 3.05) is 26.4 Å². The Labute approximate surface area is 184 Å². The lowest BCUT2D eigenvalue weighted by Gasteiger charge is -2.00. The van der Waals surface area contributed by atoms with E-state index in [9.17, 15) is 4.79 Å². The van der Waals surface area contributed by atoms with Crippen LogP contribution in [0.25, 0.3) is 0 Å². The molecule has 0 atom stereocenters. The Morgan fingerprint density at radius 1 is 0.677 bits per heavy atom. The first kappa shape index (κ1) is 37.4. The molecule has 0 saturated heterocycles. The van der Waals surface area contributed by atoms with Crippen molar-refractivity contribution in [1.82, 2.24) is 0 Å². The third-order valence-corrected chi connectivity index (χ3v) is 3.34. The van der Waals surface area contributed by atoms with Crippen molar-refractivity contribution in [3.63, 3.8) is 0 Å². The number of hydrogen-bond acceptors (Lipinski definition) is 9. The van der Waals surface area contributed by atoms with Crippen molar-refractivity contribution < 1.29 is 58.1 Å². The van der Waals surface area contributed by atoms with Crippen LogP contribution in [-0.4, -0.2) is 97.9 Å². The predicted octanol–water partition coefficient (Wildman–Crippen LogP) is 0.00290. The molecule has 0 radical (unpaired) electrons. The van der Waals surface area contributed by atoms with Gasteiger partial charge < -0.3 is 35.7 Å². The lowest BCUT2D eigenvalue weighted by Crippen LogP contribution is -2.15. The van der Waals surface area contributed by atoms with Gasteiger partial charge in [0.2, 0.25) is 0 Å². The first-order chi connectivity index (χ1) is 14.4. The molecule has 0 aliphatic carbocycles. The van der Waals surface area contributed by atoms with E-state index in [1.807, 2.05) is 0 Å². The summed E-state index contributed by atoms with van der Waals surface area (Å²) < 4.78 is 31.6. The summed E-state index contributed by atoms with van der Waals surface area (Å²) >= 11 is 0. The van der Waals surface area contributed by atoms with E-state index in [0.717, 1.165) is 12.8 Å². The molecule has 0 aromatic rings. The molecule has 0 rings (SSSR count). The van der Waals surface area contributed by atoms with Gasteiger partial charge in [-0.2, -0.15) is 8.42 Å². The zero-order valence-corrected chi connectivity index (χ0v) is 19.0. The molecule has 31 heavy (non-hydrogen) atoms. The number of carboxylic acid groups (broad SMARTS) is 1. The molecule has 12 nitrogen and oxygen atoms in total. The Balaban J connectivity index is -0.000000178. The fourth-order valence-corrected chi connectivity index (χ4v) is 1.70. The quantitative estimate of drug-likeness (QED) is 0.118. The van der Waals surface area contributed by atoms with Crippen molar-refractivity contribution >= 4 is 16.4 Å². The molecule has 0 aromatic heterocycles. The highest BCUT2D eigenvalue weighted by molar-refractivity contribution is 7.79. The van der Waals surface area contributed by atoms with Gasteiger partial charge in [-0.05, 0) is 6.42 Å². The van der Waals surface area contributed by atoms with E-state index in [4.69, 9.17) is 53.3 Å². The molecule has 0 bridgehead atoms. The van der Waals surface area contributed by atoms with E-state index in [1.165, 1.54) is 44.9 Å². The Kier molecular flexibility index (Phi) is 35.1. The van der Waals surface area contributed by atoms with Gasteiger partial charge >= 0.3 is 16.4 Å². The summed E-state index contributed by atoms with van der Waals surface area (Å²) in [6.45, 7) is 0.770. The van der Waals surface area contributed by atoms with Gasteiger partial charge in [-0.3, -0.25) is 13.9 Å². The Hall–Kier alpha value is -0.900. The predicted molar refractivity (Wildman–Crippen MR) is 114 cm³/mol. The van der Waals surface area contributed by atoms with Crippen molar-refractivity contribution in [3.8, 4) is 0 Å². The molecule has 13 heteroatoms. The third-order valence-electron chi connectivity index (χ3n) is 3.34. The highest BCUT2D eigenvalue weighted by Crippen LogP contribution is 2.10. The molecular weight excluding hydrogens is 440 g/mol. The number of aliphatic hydroxyl groups is 6. The minimum absolute atomic E-state index is 0.343. The second-order valence-electron chi connectivity index (χ2n) is 6.46. The van der Waals surface area contributed by atoms with Gasteiger partial charge in [0.25, 0.3) is 0 Å². The molecule has 0 aliphatic rings. The van der Waals surface area contributed by atoms with E-state index in [-0.39, 0.29) is 26.4 Å². The Morgan fingerprint density at radius 2 is 0.935 bits per heavy atom. The second kappa shape index (κ2) is 29.1. The summed E-state index contributed by atoms with van der Waals surface area (Å²) in [5.74, 6) is -0.659. The zero-order valence-electron chi connectivity index (χ0n) is 18.2. The summed E-state index contributed by atoms with van der Waals surface area (Å²) in [4.78, 5) is 10.2. The normalized spacial score (nSPS) is 10.4. The third kappa shape index (κ3) is 65.2. The zero-order chi connectivity index (χ0) is 25.1. The molecule has 0 aliphatic heterocycles. The molecule has 0 fully saturated rings. The van der Waals surface area contributed by atoms with Crippen LogP contribution in [0.3, 0.4) is 0 Å². The average molecular weight is 483 g/mol. The van der Waals surface area contributed by atoms with E-state index >= 15 is 0 Å². The molecule has 0 saturated carbocycles. The van der Waals surface area contributed by atoms with Gasteiger partial charge in [0.05, 0.1) is 26.4 Å². The highest BCUT2D eigenvalue weighted by atomic mass is 32.3. The fraction of sp³-hybridized carbons (Fsp3) is 0.944. The number of hydrogen-bond donors (Lipinski definition) is 9. The van der Waals surface area contributed by atoms with Crippen LogP contribution >= 0.6 is 0 Å². The summed E-state index contributed by atoms with van der Waals surface area (Å²) in [5.41, 5.74) is 0. The summed E-state index contributed by atoms with van der Waals surface area (Å²) in [7, 11) is -4.67. The number of aliphatic carboxylic acids is 1. The van der Waals surface area contributed by atoms with E-state index in [2.05, 4.69) is 6.92 Å². The van der Waals surface area contributed by atoms with Gasteiger partial charge in [-0.25, -0.2) is 0 Å². The molecule has 9 N–H and O–H groups in total. The Morgan fingerprint density at radius 3 is 1.13 bits per heavy atom. The summed E-state index contributed by atoms with van der Waals surface area (Å²) in [6, 6.07) is 0. The van der Waals surface area contributed by atoms with E-state index in [0.29, 0.717) is 6.42 Å². The van der Waals surface area contributed by atoms with Crippen LogP contribution in [0.5, 0.6) is 0 Å². The number of aliphatic hydroxyl groups excluding tert-OH is 6. The van der Waals surface area contributed by atoms with Gasteiger partial charge in [0, 0.05) is 6.42 Å². The van der Waals surface area contributed by atoms with E-state index in [1.54, 1.807) is 0 Å². The minimum atomic E-state index is -4.67. The van der Waals surface area contributed by atoms with Crippen molar-refractivity contribution in [2.45, 2.75) is 83.3 Å². The van der Waals surface area contributed by atoms with Crippen LogP contribution in [0.1, 0.15) is 71.1 Å². The molecule has 0 heterocycles. The standard InChI is InChI=1S/C12H24O2.2C3H8O3.H2O4S/c1-2-3-4-5-6-7-8-9-10-11-12(13)14;2*4-1-3(6)2-5;1-5(2,3)4/h2-11H2,1H3,(H,13,14);2*3-6H,1-2H2;(H2,1,2,3,4).